The van der Waals surface area contributed by atoms with E-state index in [1.54, 1.807) is 0 Å². The molecule has 2 aromatic carbocycles. The molecule has 3 heterocycles. The standard InChI is InChI=1S/C22H26N4/c1-2-4-16(5-3-1)10-11-26-20-7-8-21(26)14-19(13-20)24-18-6-9-22-17(12-18)15-23-25-22/h1-6,9,12,15,19-21,24H,7-8,10-11,13-14H2,(H,23,25). The van der Waals surface area contributed by atoms with Crippen molar-refractivity contribution in [3.05, 3.63) is 60.3 Å². The van der Waals surface area contributed by atoms with Gasteiger partial charge < -0.3 is 5.32 Å². The minimum absolute atomic E-state index is 0.588. The molecule has 26 heavy (non-hydrogen) atoms. The van der Waals surface area contributed by atoms with Gasteiger partial charge in [-0.3, -0.25) is 10.00 Å². The summed E-state index contributed by atoms with van der Waals surface area (Å²) in [6, 6.07) is 19.5. The van der Waals surface area contributed by atoms with Crippen LogP contribution in [0.5, 0.6) is 0 Å². The molecule has 5 rings (SSSR count). The number of hydrogen-bond acceptors (Lipinski definition) is 3. The zero-order chi connectivity index (χ0) is 17.3. The fraction of sp³-hybridized carbons (Fsp3) is 0.409. The zero-order valence-corrected chi connectivity index (χ0v) is 15.1. The molecule has 4 heteroatoms. The molecule has 2 bridgehead atoms. The molecular formula is C22H26N4. The van der Waals surface area contributed by atoms with E-state index in [2.05, 4.69) is 68.9 Å². The van der Waals surface area contributed by atoms with Crippen LogP contribution >= 0.6 is 0 Å². The summed E-state index contributed by atoms with van der Waals surface area (Å²) >= 11 is 0. The molecule has 2 N–H and O–H groups in total. The van der Waals surface area contributed by atoms with Crippen LogP contribution in [-0.2, 0) is 6.42 Å². The van der Waals surface area contributed by atoms with Crippen molar-refractivity contribution >= 4 is 16.6 Å². The third-order valence-electron chi connectivity index (χ3n) is 6.20. The fourth-order valence-corrected chi connectivity index (χ4v) is 4.93. The van der Waals surface area contributed by atoms with Crippen LogP contribution in [-0.4, -0.2) is 39.8 Å². The van der Waals surface area contributed by atoms with Crippen LogP contribution in [0.25, 0.3) is 10.9 Å². The average molecular weight is 346 g/mol. The predicted molar refractivity (Wildman–Crippen MR) is 106 cm³/mol. The Balaban J connectivity index is 1.22. The van der Waals surface area contributed by atoms with Gasteiger partial charge >= 0.3 is 0 Å². The first kappa shape index (κ1) is 15.9. The number of hydrogen-bond donors (Lipinski definition) is 2. The van der Waals surface area contributed by atoms with E-state index in [4.69, 9.17) is 0 Å². The molecule has 2 aliphatic rings. The van der Waals surface area contributed by atoms with Gasteiger partial charge in [-0.1, -0.05) is 30.3 Å². The van der Waals surface area contributed by atoms with Gasteiger partial charge in [0.05, 0.1) is 11.7 Å². The third kappa shape index (κ3) is 3.10. The number of nitrogens with one attached hydrogen (secondary N) is 2. The highest BCUT2D eigenvalue weighted by Crippen LogP contribution is 2.37. The number of fused-ring (bicyclic) bond motifs is 3. The van der Waals surface area contributed by atoms with Crippen LogP contribution in [0.15, 0.2) is 54.7 Å². The van der Waals surface area contributed by atoms with Crippen LogP contribution in [0.4, 0.5) is 5.69 Å². The highest BCUT2D eigenvalue weighted by atomic mass is 15.2. The van der Waals surface area contributed by atoms with Gasteiger partial charge in [-0.25, -0.2) is 0 Å². The number of benzene rings is 2. The Hall–Kier alpha value is -2.33. The minimum atomic E-state index is 0.588. The molecule has 2 aliphatic heterocycles. The largest absolute Gasteiger partial charge is 0.382 e. The van der Waals surface area contributed by atoms with E-state index in [-0.39, 0.29) is 0 Å². The van der Waals surface area contributed by atoms with E-state index in [9.17, 15) is 0 Å². The number of aromatic nitrogens is 2. The average Bonchev–Trinajstić information content (AvgIpc) is 3.22. The maximum atomic E-state index is 4.12. The topological polar surface area (TPSA) is 44.0 Å². The normalized spacial score (nSPS) is 25.6. The third-order valence-corrected chi connectivity index (χ3v) is 6.20. The fourth-order valence-electron chi connectivity index (χ4n) is 4.93. The lowest BCUT2D eigenvalue weighted by Gasteiger charge is -2.39. The number of aromatic amines is 1. The van der Waals surface area contributed by atoms with Crippen molar-refractivity contribution in [2.24, 2.45) is 0 Å². The highest BCUT2D eigenvalue weighted by Gasteiger charge is 2.40. The molecule has 2 atom stereocenters. The zero-order valence-electron chi connectivity index (χ0n) is 15.1. The molecule has 2 saturated heterocycles. The van der Waals surface area contributed by atoms with Crippen molar-refractivity contribution in [3.63, 3.8) is 0 Å². The van der Waals surface area contributed by atoms with Gasteiger partial charge in [0.25, 0.3) is 0 Å². The molecule has 2 fully saturated rings. The molecule has 3 aromatic rings. The van der Waals surface area contributed by atoms with Crippen LogP contribution in [0.2, 0.25) is 0 Å². The Morgan fingerprint density at radius 1 is 1.04 bits per heavy atom. The van der Waals surface area contributed by atoms with Crippen LogP contribution in [0.3, 0.4) is 0 Å². The number of anilines is 1. The van der Waals surface area contributed by atoms with Gasteiger partial charge in [0.15, 0.2) is 0 Å². The molecule has 0 aliphatic carbocycles. The Labute approximate surface area is 154 Å². The summed E-state index contributed by atoms with van der Waals surface area (Å²) in [4.78, 5) is 2.78. The van der Waals surface area contributed by atoms with Crippen molar-refractivity contribution in [2.75, 3.05) is 11.9 Å². The maximum Gasteiger partial charge on any atom is 0.0651 e. The predicted octanol–water partition coefficient (Wildman–Crippen LogP) is 4.21. The number of nitrogens with zero attached hydrogens (tertiary/aromatic N) is 2. The van der Waals surface area contributed by atoms with Gasteiger partial charge in [-0.15, -0.1) is 0 Å². The molecule has 0 spiro atoms. The maximum absolute atomic E-state index is 4.12. The summed E-state index contributed by atoms with van der Waals surface area (Å²) in [5.41, 5.74) is 3.79. The summed E-state index contributed by atoms with van der Waals surface area (Å²) in [6.45, 7) is 1.20. The van der Waals surface area contributed by atoms with Crippen molar-refractivity contribution in [2.45, 2.75) is 50.2 Å². The first-order chi connectivity index (χ1) is 12.8. The van der Waals surface area contributed by atoms with E-state index < -0.39 is 0 Å². The van der Waals surface area contributed by atoms with Gasteiger partial charge in [0, 0.05) is 35.7 Å². The smallest absolute Gasteiger partial charge is 0.0651 e. The van der Waals surface area contributed by atoms with Crippen LogP contribution in [0.1, 0.15) is 31.2 Å². The summed E-state index contributed by atoms with van der Waals surface area (Å²) in [5.74, 6) is 0. The molecule has 4 nitrogen and oxygen atoms in total. The number of rotatable bonds is 5. The molecule has 0 radical (unpaired) electrons. The quantitative estimate of drug-likeness (QED) is 0.727. The van der Waals surface area contributed by atoms with Crippen molar-refractivity contribution in [3.8, 4) is 0 Å². The van der Waals surface area contributed by atoms with E-state index in [1.165, 1.54) is 55.3 Å². The lowest BCUT2D eigenvalue weighted by atomic mass is 9.96. The minimum Gasteiger partial charge on any atom is -0.382 e. The summed E-state index contributed by atoms with van der Waals surface area (Å²) in [5, 5.41) is 12.1. The Kier molecular flexibility index (Phi) is 4.13. The SMILES string of the molecule is c1ccc(CCN2C3CCC2CC(Nc2ccc4[nH]ncc4c2)C3)cc1. The Morgan fingerprint density at radius 3 is 2.65 bits per heavy atom. The van der Waals surface area contributed by atoms with Crippen molar-refractivity contribution in [1.82, 2.24) is 15.1 Å². The second-order valence-corrected chi connectivity index (χ2v) is 7.84. The van der Waals surface area contributed by atoms with Gasteiger partial charge in [0.2, 0.25) is 0 Å². The molecule has 0 amide bonds. The first-order valence-corrected chi connectivity index (χ1v) is 9.84. The first-order valence-electron chi connectivity index (χ1n) is 9.84. The molecule has 1 aromatic heterocycles. The number of H-pyrrole nitrogens is 1. The van der Waals surface area contributed by atoms with Crippen LogP contribution < -0.4 is 5.32 Å². The van der Waals surface area contributed by atoms with E-state index in [1.807, 2.05) is 6.20 Å². The van der Waals surface area contributed by atoms with Gasteiger partial charge in [-0.2, -0.15) is 5.10 Å². The second kappa shape index (κ2) is 6.76. The summed E-state index contributed by atoms with van der Waals surface area (Å²) < 4.78 is 0. The summed E-state index contributed by atoms with van der Waals surface area (Å²) in [7, 11) is 0. The molecule has 2 unspecified atom stereocenters. The van der Waals surface area contributed by atoms with Gasteiger partial charge in [0.1, 0.15) is 0 Å². The lowest BCUT2D eigenvalue weighted by molar-refractivity contribution is 0.134. The van der Waals surface area contributed by atoms with Gasteiger partial charge in [-0.05, 0) is 55.9 Å². The second-order valence-electron chi connectivity index (χ2n) is 7.84. The highest BCUT2D eigenvalue weighted by molar-refractivity contribution is 5.81. The molecule has 134 valence electrons. The monoisotopic (exact) mass is 346 g/mol. The molecular weight excluding hydrogens is 320 g/mol. The number of piperidine rings is 1. The summed E-state index contributed by atoms with van der Waals surface area (Å²) in [6.07, 6.45) is 8.31. The lowest BCUT2D eigenvalue weighted by Crippen LogP contribution is -2.47. The van der Waals surface area contributed by atoms with Crippen LogP contribution in [0, 0.1) is 0 Å². The van der Waals surface area contributed by atoms with E-state index >= 15 is 0 Å². The Morgan fingerprint density at radius 2 is 1.85 bits per heavy atom. The van der Waals surface area contributed by atoms with Crippen molar-refractivity contribution < 1.29 is 0 Å². The Bertz CT molecular complexity index is 858. The van der Waals surface area contributed by atoms with E-state index in [0.29, 0.717) is 6.04 Å². The van der Waals surface area contributed by atoms with Crippen molar-refractivity contribution in [1.29, 1.82) is 0 Å². The molecule has 0 saturated carbocycles. The van der Waals surface area contributed by atoms with E-state index in [0.717, 1.165) is 17.6 Å².